The summed E-state index contributed by atoms with van der Waals surface area (Å²) in [6, 6.07) is 5.34. The minimum absolute atomic E-state index is 0.0195. The molecular formula is C15H18N2O3. The molecule has 2 heterocycles. The average Bonchev–Trinajstić information content (AvgIpc) is 2.78. The first kappa shape index (κ1) is 13.1. The quantitative estimate of drug-likeness (QED) is 0.858. The molecule has 20 heavy (non-hydrogen) atoms. The van der Waals surface area contributed by atoms with Crippen LogP contribution in [0.1, 0.15) is 35.7 Å². The molecule has 0 atom stereocenters. The number of anilines is 1. The highest BCUT2D eigenvalue weighted by Crippen LogP contribution is 2.25. The number of carbonyl (C=O) groups is 2. The topological polar surface area (TPSA) is 67.4 Å². The van der Waals surface area contributed by atoms with Gasteiger partial charge in [0.15, 0.2) is 0 Å². The highest BCUT2D eigenvalue weighted by atomic mass is 16.5. The fourth-order valence-corrected chi connectivity index (χ4v) is 2.66. The van der Waals surface area contributed by atoms with Crippen molar-refractivity contribution in [3.63, 3.8) is 0 Å². The molecule has 0 bridgehead atoms. The number of hydrogen-bond donors (Lipinski definition) is 2. The molecule has 1 saturated heterocycles. The molecule has 1 aromatic carbocycles. The average molecular weight is 274 g/mol. The van der Waals surface area contributed by atoms with E-state index in [1.807, 2.05) is 6.92 Å². The van der Waals surface area contributed by atoms with Crippen molar-refractivity contribution in [2.75, 3.05) is 18.5 Å². The van der Waals surface area contributed by atoms with E-state index in [4.69, 9.17) is 4.74 Å². The lowest BCUT2D eigenvalue weighted by molar-refractivity contribution is -0.115. The molecule has 0 spiro atoms. The van der Waals surface area contributed by atoms with Crippen molar-refractivity contribution in [1.29, 1.82) is 0 Å². The lowest BCUT2D eigenvalue weighted by Gasteiger charge is -2.34. The number of hydrogen-bond acceptors (Lipinski definition) is 3. The molecule has 1 fully saturated rings. The maximum atomic E-state index is 12.3. The van der Waals surface area contributed by atoms with Crippen LogP contribution >= 0.6 is 0 Å². The van der Waals surface area contributed by atoms with E-state index < -0.39 is 0 Å². The van der Waals surface area contributed by atoms with Crippen LogP contribution in [0, 0.1) is 0 Å². The molecule has 1 aromatic rings. The van der Waals surface area contributed by atoms with Gasteiger partial charge in [-0.1, -0.05) is 0 Å². The van der Waals surface area contributed by atoms with Crippen LogP contribution in [-0.4, -0.2) is 30.6 Å². The standard InChI is InChI=1S/C15H18N2O3/c1-15(4-6-20-7-5-15)17-14(19)10-2-3-12-11(8-10)9-13(18)16-12/h2-3,8H,4-7,9H2,1H3,(H,16,18)(H,17,19). The molecule has 0 unspecified atom stereocenters. The molecule has 0 saturated carbocycles. The van der Waals surface area contributed by atoms with Crippen LogP contribution in [0.2, 0.25) is 0 Å². The highest BCUT2D eigenvalue weighted by molar-refractivity contribution is 6.01. The Morgan fingerprint density at radius 1 is 1.35 bits per heavy atom. The molecule has 2 aliphatic rings. The van der Waals surface area contributed by atoms with Crippen molar-refractivity contribution in [3.8, 4) is 0 Å². The van der Waals surface area contributed by atoms with Gasteiger partial charge in [0.2, 0.25) is 5.91 Å². The third-order valence-corrected chi connectivity index (χ3v) is 4.00. The van der Waals surface area contributed by atoms with Gasteiger partial charge in [0, 0.05) is 30.0 Å². The summed E-state index contributed by atoms with van der Waals surface area (Å²) in [5.74, 6) is -0.106. The van der Waals surface area contributed by atoms with Crippen molar-refractivity contribution in [2.45, 2.75) is 31.7 Å². The van der Waals surface area contributed by atoms with E-state index in [0.717, 1.165) is 24.1 Å². The zero-order valence-corrected chi connectivity index (χ0v) is 11.5. The minimum atomic E-state index is -0.206. The zero-order valence-electron chi connectivity index (χ0n) is 11.5. The summed E-state index contributed by atoms with van der Waals surface area (Å²) in [7, 11) is 0. The molecular weight excluding hydrogens is 256 g/mol. The van der Waals surface area contributed by atoms with Gasteiger partial charge in [0.1, 0.15) is 0 Å². The van der Waals surface area contributed by atoms with Gasteiger partial charge >= 0.3 is 0 Å². The Morgan fingerprint density at radius 2 is 2.10 bits per heavy atom. The second-order valence-electron chi connectivity index (χ2n) is 5.72. The van der Waals surface area contributed by atoms with Gasteiger partial charge in [-0.25, -0.2) is 0 Å². The van der Waals surface area contributed by atoms with Crippen LogP contribution in [-0.2, 0) is 16.0 Å². The van der Waals surface area contributed by atoms with Gasteiger partial charge in [-0.15, -0.1) is 0 Å². The third-order valence-electron chi connectivity index (χ3n) is 4.00. The fourth-order valence-electron chi connectivity index (χ4n) is 2.66. The Hall–Kier alpha value is -1.88. The van der Waals surface area contributed by atoms with Gasteiger partial charge in [-0.2, -0.15) is 0 Å². The minimum Gasteiger partial charge on any atom is -0.381 e. The number of fused-ring (bicyclic) bond motifs is 1. The normalized spacial score (nSPS) is 20.1. The number of rotatable bonds is 2. The number of ether oxygens (including phenoxy) is 1. The van der Waals surface area contributed by atoms with E-state index in [-0.39, 0.29) is 17.4 Å². The van der Waals surface area contributed by atoms with Gasteiger partial charge < -0.3 is 15.4 Å². The Morgan fingerprint density at radius 3 is 2.85 bits per heavy atom. The summed E-state index contributed by atoms with van der Waals surface area (Å²) in [5.41, 5.74) is 2.10. The Bertz CT molecular complexity index is 562. The van der Waals surface area contributed by atoms with E-state index in [9.17, 15) is 9.59 Å². The lowest BCUT2D eigenvalue weighted by Crippen LogP contribution is -2.49. The Balaban J connectivity index is 1.74. The fraction of sp³-hybridized carbons (Fsp3) is 0.467. The van der Waals surface area contributed by atoms with Crippen molar-refractivity contribution in [3.05, 3.63) is 29.3 Å². The van der Waals surface area contributed by atoms with Crippen molar-refractivity contribution in [2.24, 2.45) is 0 Å². The largest absolute Gasteiger partial charge is 0.381 e. The maximum absolute atomic E-state index is 12.3. The molecule has 5 nitrogen and oxygen atoms in total. The second kappa shape index (κ2) is 4.90. The summed E-state index contributed by atoms with van der Waals surface area (Å²) < 4.78 is 5.33. The predicted molar refractivity (Wildman–Crippen MR) is 74.7 cm³/mol. The SMILES string of the molecule is CC1(NC(=O)c2ccc3c(c2)CC(=O)N3)CCOCC1. The molecule has 2 N–H and O–H groups in total. The molecule has 3 rings (SSSR count). The van der Waals surface area contributed by atoms with Gasteiger partial charge in [0.25, 0.3) is 5.91 Å². The summed E-state index contributed by atoms with van der Waals surface area (Å²) in [4.78, 5) is 23.7. The highest BCUT2D eigenvalue weighted by Gasteiger charge is 2.29. The van der Waals surface area contributed by atoms with Crippen LogP contribution in [0.5, 0.6) is 0 Å². The van der Waals surface area contributed by atoms with Crippen LogP contribution in [0.15, 0.2) is 18.2 Å². The third kappa shape index (κ3) is 2.54. The van der Waals surface area contributed by atoms with Gasteiger partial charge in [-0.05, 0) is 43.5 Å². The van der Waals surface area contributed by atoms with Crippen molar-refractivity contribution >= 4 is 17.5 Å². The smallest absolute Gasteiger partial charge is 0.251 e. The van der Waals surface area contributed by atoms with E-state index in [0.29, 0.717) is 25.2 Å². The Kier molecular flexibility index (Phi) is 3.22. The second-order valence-corrected chi connectivity index (χ2v) is 5.72. The van der Waals surface area contributed by atoms with Crippen molar-refractivity contribution in [1.82, 2.24) is 5.32 Å². The molecule has 0 aromatic heterocycles. The Labute approximate surface area is 117 Å². The number of amides is 2. The van der Waals surface area contributed by atoms with Crippen LogP contribution in [0.4, 0.5) is 5.69 Å². The maximum Gasteiger partial charge on any atom is 0.251 e. The summed E-state index contributed by atoms with van der Waals surface area (Å²) in [5, 5.41) is 5.85. The van der Waals surface area contributed by atoms with E-state index in [1.54, 1.807) is 18.2 Å². The van der Waals surface area contributed by atoms with Gasteiger partial charge in [-0.3, -0.25) is 9.59 Å². The summed E-state index contributed by atoms with van der Waals surface area (Å²) in [6.07, 6.45) is 2.00. The molecule has 2 aliphatic heterocycles. The lowest BCUT2D eigenvalue weighted by atomic mass is 9.92. The summed E-state index contributed by atoms with van der Waals surface area (Å²) in [6.45, 7) is 3.41. The molecule has 0 aliphatic carbocycles. The van der Waals surface area contributed by atoms with E-state index in [2.05, 4.69) is 10.6 Å². The first-order valence-electron chi connectivity index (χ1n) is 6.89. The summed E-state index contributed by atoms with van der Waals surface area (Å²) >= 11 is 0. The van der Waals surface area contributed by atoms with Gasteiger partial charge in [0.05, 0.1) is 6.42 Å². The molecule has 106 valence electrons. The predicted octanol–water partition coefficient (Wildman–Crippen LogP) is 1.48. The van der Waals surface area contributed by atoms with Crippen LogP contribution < -0.4 is 10.6 Å². The van der Waals surface area contributed by atoms with Crippen molar-refractivity contribution < 1.29 is 14.3 Å². The zero-order chi connectivity index (χ0) is 14.2. The monoisotopic (exact) mass is 274 g/mol. The van der Waals surface area contributed by atoms with E-state index >= 15 is 0 Å². The number of nitrogens with one attached hydrogen (secondary N) is 2. The van der Waals surface area contributed by atoms with Crippen LogP contribution in [0.25, 0.3) is 0 Å². The number of carbonyl (C=O) groups excluding carboxylic acids is 2. The first-order chi connectivity index (χ1) is 9.56. The molecule has 0 radical (unpaired) electrons. The van der Waals surface area contributed by atoms with E-state index in [1.165, 1.54) is 0 Å². The van der Waals surface area contributed by atoms with Crippen LogP contribution in [0.3, 0.4) is 0 Å². The molecule has 2 amide bonds. The number of benzene rings is 1. The first-order valence-corrected chi connectivity index (χ1v) is 6.89. The molecule has 5 heteroatoms.